The molecule has 1 aromatic heterocycles. The molecule has 0 aliphatic heterocycles. The van der Waals surface area contributed by atoms with Crippen LogP contribution in [0.3, 0.4) is 0 Å². The van der Waals surface area contributed by atoms with Gasteiger partial charge in [-0.2, -0.15) is 0 Å². The molecule has 2 N–H and O–H groups in total. The number of halogens is 1. The third kappa shape index (κ3) is 1.87. The van der Waals surface area contributed by atoms with Gasteiger partial charge < -0.3 is 10.1 Å². The molecule has 1 heterocycles. The Morgan fingerprint density at radius 1 is 1.11 bits per heavy atom. The Kier molecular flexibility index (Phi) is 2.57. The first-order valence-corrected chi connectivity index (χ1v) is 5.53. The summed E-state index contributed by atoms with van der Waals surface area (Å²) in [4.78, 5) is 6.88. The predicted molar refractivity (Wildman–Crippen MR) is 65.4 cm³/mol. The van der Waals surface area contributed by atoms with Crippen LogP contribution in [0.1, 0.15) is 17.2 Å². The fourth-order valence-corrected chi connectivity index (χ4v) is 1.90. The number of hydrogen-bond acceptors (Lipinski definition) is 2. The topological polar surface area (TPSA) is 48.9 Å². The fraction of sp³-hybridized carbons (Fsp3) is 0.0714. The van der Waals surface area contributed by atoms with Crippen LogP contribution in [0, 0.1) is 12.1 Å². The second-order valence-electron chi connectivity index (χ2n) is 4.08. The number of rotatable bonds is 2. The van der Waals surface area contributed by atoms with Crippen LogP contribution in [0.25, 0.3) is 11.0 Å². The minimum absolute atomic E-state index is 0.316. The van der Waals surface area contributed by atoms with Crippen LogP contribution >= 0.6 is 0 Å². The van der Waals surface area contributed by atoms with Gasteiger partial charge in [-0.1, -0.05) is 18.2 Å². The number of aliphatic hydroxyl groups is 1. The molecule has 0 amide bonds. The first-order valence-electron chi connectivity index (χ1n) is 5.53. The number of hydrogen-bond donors (Lipinski definition) is 2. The number of imidazole rings is 1. The number of aromatic nitrogens is 2. The van der Waals surface area contributed by atoms with Gasteiger partial charge in [-0.05, 0) is 35.4 Å². The maximum Gasteiger partial charge on any atom is 0.174 e. The summed E-state index contributed by atoms with van der Waals surface area (Å²) in [5, 5.41) is 10.2. The zero-order valence-corrected chi connectivity index (χ0v) is 9.39. The summed E-state index contributed by atoms with van der Waals surface area (Å²) in [5.41, 5.74) is 2.98. The summed E-state index contributed by atoms with van der Waals surface area (Å²) in [6.45, 7) is 0. The summed E-state index contributed by atoms with van der Waals surface area (Å²) in [6, 6.07) is 11.2. The fourth-order valence-electron chi connectivity index (χ4n) is 1.90. The highest BCUT2D eigenvalue weighted by Crippen LogP contribution is 2.24. The average Bonchev–Trinajstić information content (AvgIpc) is 2.86. The number of nitrogens with one attached hydrogen (secondary N) is 1. The maximum absolute atomic E-state index is 12.8. The lowest BCUT2D eigenvalue weighted by atomic mass is 10.0. The Balaban J connectivity index is 2.00. The first kappa shape index (κ1) is 10.9. The van der Waals surface area contributed by atoms with E-state index in [4.69, 9.17) is 0 Å². The van der Waals surface area contributed by atoms with Crippen LogP contribution < -0.4 is 0 Å². The minimum Gasteiger partial charge on any atom is -0.384 e. The van der Waals surface area contributed by atoms with Crippen LogP contribution in [0.5, 0.6) is 0 Å². The molecule has 1 unspecified atom stereocenters. The SMILES string of the molecule is OC(c1ccc(F)cc1)c1ccc2[nH][c]nc2c1. The molecule has 0 bridgehead atoms. The van der Waals surface area contributed by atoms with E-state index in [1.54, 1.807) is 18.2 Å². The van der Waals surface area contributed by atoms with Gasteiger partial charge >= 0.3 is 0 Å². The number of benzene rings is 2. The van der Waals surface area contributed by atoms with Crippen molar-refractivity contribution in [2.45, 2.75) is 6.10 Å². The van der Waals surface area contributed by atoms with Gasteiger partial charge in [0.2, 0.25) is 0 Å². The van der Waals surface area contributed by atoms with Crippen LogP contribution in [0.15, 0.2) is 42.5 Å². The number of aromatic amines is 1. The molecule has 3 aromatic rings. The molecule has 1 radical (unpaired) electrons. The van der Waals surface area contributed by atoms with Gasteiger partial charge in [0.15, 0.2) is 6.33 Å². The van der Waals surface area contributed by atoms with Crippen molar-refractivity contribution in [3.05, 3.63) is 65.7 Å². The maximum atomic E-state index is 12.8. The molecule has 3 rings (SSSR count). The molecule has 0 saturated carbocycles. The number of H-pyrrole nitrogens is 1. The van der Waals surface area contributed by atoms with Crippen molar-refractivity contribution < 1.29 is 9.50 Å². The van der Waals surface area contributed by atoms with Gasteiger partial charge in [0, 0.05) is 0 Å². The van der Waals surface area contributed by atoms with E-state index < -0.39 is 6.10 Å². The summed E-state index contributed by atoms with van der Waals surface area (Å²) in [5.74, 6) is -0.316. The van der Waals surface area contributed by atoms with E-state index in [1.165, 1.54) is 12.1 Å². The summed E-state index contributed by atoms with van der Waals surface area (Å²) in [6.07, 6.45) is 1.86. The minimum atomic E-state index is -0.785. The number of aliphatic hydroxyl groups excluding tert-OH is 1. The highest BCUT2D eigenvalue weighted by molar-refractivity contribution is 5.75. The van der Waals surface area contributed by atoms with Gasteiger partial charge in [0.05, 0.1) is 11.0 Å². The van der Waals surface area contributed by atoms with Crippen LogP contribution in [0.4, 0.5) is 4.39 Å². The Morgan fingerprint density at radius 2 is 1.83 bits per heavy atom. The lowest BCUT2D eigenvalue weighted by Crippen LogP contribution is -1.99. The summed E-state index contributed by atoms with van der Waals surface area (Å²) >= 11 is 0. The van der Waals surface area contributed by atoms with E-state index in [1.807, 2.05) is 12.1 Å². The lowest BCUT2D eigenvalue weighted by Gasteiger charge is -2.11. The zero-order valence-electron chi connectivity index (χ0n) is 9.39. The monoisotopic (exact) mass is 241 g/mol. The smallest absolute Gasteiger partial charge is 0.174 e. The van der Waals surface area contributed by atoms with Crippen molar-refractivity contribution in [2.75, 3.05) is 0 Å². The Bertz CT molecular complexity index is 676. The second kappa shape index (κ2) is 4.23. The van der Waals surface area contributed by atoms with E-state index in [2.05, 4.69) is 16.3 Å². The van der Waals surface area contributed by atoms with Crippen LogP contribution in [0.2, 0.25) is 0 Å². The lowest BCUT2D eigenvalue weighted by molar-refractivity contribution is 0.220. The van der Waals surface area contributed by atoms with Crippen molar-refractivity contribution in [1.82, 2.24) is 9.97 Å². The van der Waals surface area contributed by atoms with Gasteiger partial charge in [0.1, 0.15) is 11.9 Å². The van der Waals surface area contributed by atoms with Crippen molar-refractivity contribution in [3.63, 3.8) is 0 Å². The molecule has 18 heavy (non-hydrogen) atoms. The molecule has 0 saturated heterocycles. The van der Waals surface area contributed by atoms with Crippen molar-refractivity contribution in [1.29, 1.82) is 0 Å². The predicted octanol–water partition coefficient (Wildman–Crippen LogP) is 2.58. The second-order valence-corrected chi connectivity index (χ2v) is 4.08. The summed E-state index contributed by atoms with van der Waals surface area (Å²) < 4.78 is 12.8. The molecule has 3 nitrogen and oxygen atoms in total. The van der Waals surface area contributed by atoms with E-state index in [0.717, 1.165) is 16.6 Å². The van der Waals surface area contributed by atoms with E-state index in [-0.39, 0.29) is 5.82 Å². The highest BCUT2D eigenvalue weighted by Gasteiger charge is 2.11. The molecule has 4 heteroatoms. The van der Waals surface area contributed by atoms with E-state index in [0.29, 0.717) is 5.56 Å². The Labute approximate surface area is 103 Å². The largest absolute Gasteiger partial charge is 0.384 e. The third-order valence-corrected chi connectivity index (χ3v) is 2.89. The molecule has 0 aliphatic carbocycles. The van der Waals surface area contributed by atoms with Gasteiger partial charge in [-0.3, -0.25) is 0 Å². The molecule has 0 fully saturated rings. The van der Waals surface area contributed by atoms with Crippen molar-refractivity contribution in [2.24, 2.45) is 0 Å². The number of fused-ring (bicyclic) bond motifs is 1. The summed E-state index contributed by atoms with van der Waals surface area (Å²) in [7, 11) is 0. The molecular formula is C14H10FN2O. The number of nitrogens with zero attached hydrogens (tertiary/aromatic N) is 1. The molecular weight excluding hydrogens is 231 g/mol. The van der Waals surface area contributed by atoms with Gasteiger partial charge in [-0.25, -0.2) is 9.37 Å². The van der Waals surface area contributed by atoms with E-state index >= 15 is 0 Å². The third-order valence-electron chi connectivity index (χ3n) is 2.89. The van der Waals surface area contributed by atoms with Crippen LogP contribution in [-0.4, -0.2) is 15.1 Å². The molecule has 89 valence electrons. The quantitative estimate of drug-likeness (QED) is 0.724. The molecule has 2 aromatic carbocycles. The Hall–Kier alpha value is -2.20. The van der Waals surface area contributed by atoms with Gasteiger partial charge in [0.25, 0.3) is 0 Å². The standard InChI is InChI=1S/C14H10FN2O/c15-11-4-1-9(2-5-11)14(18)10-3-6-12-13(7-10)17-8-16-12/h1-7,14,18H,(H,16,17). The average molecular weight is 241 g/mol. The van der Waals surface area contributed by atoms with Crippen LogP contribution in [-0.2, 0) is 0 Å². The zero-order chi connectivity index (χ0) is 12.5. The molecule has 0 spiro atoms. The van der Waals surface area contributed by atoms with Crippen molar-refractivity contribution in [3.8, 4) is 0 Å². The molecule has 0 aliphatic rings. The Morgan fingerprint density at radius 3 is 2.61 bits per heavy atom. The molecule has 1 atom stereocenters. The van der Waals surface area contributed by atoms with E-state index in [9.17, 15) is 9.50 Å². The highest BCUT2D eigenvalue weighted by atomic mass is 19.1. The van der Waals surface area contributed by atoms with Crippen molar-refractivity contribution >= 4 is 11.0 Å². The van der Waals surface area contributed by atoms with Gasteiger partial charge in [-0.15, -0.1) is 0 Å². The normalized spacial score (nSPS) is 12.8. The first-order chi connectivity index (χ1) is 8.74.